The lowest BCUT2D eigenvalue weighted by molar-refractivity contribution is 0.583. The van der Waals surface area contributed by atoms with E-state index < -0.39 is 7.14 Å². The van der Waals surface area contributed by atoms with Gasteiger partial charge in [-0.3, -0.25) is 0 Å². The molecular formula is C11H15OP. The summed E-state index contributed by atoms with van der Waals surface area (Å²) in [5.74, 6) is 0.644. The van der Waals surface area contributed by atoms with Gasteiger partial charge in [-0.05, 0) is 12.3 Å². The highest BCUT2D eigenvalue weighted by Gasteiger charge is 2.32. The molecule has 1 aliphatic rings. The quantitative estimate of drug-likeness (QED) is 0.628. The smallest absolute Gasteiger partial charge is 0.115 e. The maximum absolute atomic E-state index is 12.4. The van der Waals surface area contributed by atoms with Crippen molar-refractivity contribution in [3.63, 3.8) is 0 Å². The standard InChI is InChI=1S/C11H15OP/c1-10-7-8-13(12,9-10)11-5-3-2-4-6-11/h2-6,10H,7-9H2,1H3/t10-,13+/m1/s1. The third kappa shape index (κ3) is 1.71. The molecule has 1 aliphatic heterocycles. The van der Waals surface area contributed by atoms with E-state index in [1.165, 1.54) is 0 Å². The average Bonchev–Trinajstić information content (AvgIpc) is 2.49. The zero-order valence-electron chi connectivity index (χ0n) is 7.94. The summed E-state index contributed by atoms with van der Waals surface area (Å²) in [6.45, 7) is 2.20. The second kappa shape index (κ2) is 3.31. The Morgan fingerprint density at radius 2 is 2.00 bits per heavy atom. The summed E-state index contributed by atoms with van der Waals surface area (Å²) < 4.78 is 12.4. The molecule has 0 unspecified atom stereocenters. The summed E-state index contributed by atoms with van der Waals surface area (Å²) in [5, 5.41) is 1.08. The van der Waals surface area contributed by atoms with Crippen LogP contribution in [0.3, 0.4) is 0 Å². The van der Waals surface area contributed by atoms with Crippen molar-refractivity contribution in [3.8, 4) is 0 Å². The highest BCUT2D eigenvalue weighted by Crippen LogP contribution is 2.52. The second-order valence-corrected chi connectivity index (χ2v) is 7.13. The molecule has 0 amide bonds. The topological polar surface area (TPSA) is 17.1 Å². The summed E-state index contributed by atoms with van der Waals surface area (Å²) in [6.07, 6.45) is 2.96. The van der Waals surface area contributed by atoms with Gasteiger partial charge in [-0.15, -0.1) is 0 Å². The van der Waals surface area contributed by atoms with Crippen LogP contribution in [0.1, 0.15) is 13.3 Å². The number of rotatable bonds is 1. The Kier molecular flexibility index (Phi) is 2.29. The van der Waals surface area contributed by atoms with E-state index in [4.69, 9.17) is 0 Å². The van der Waals surface area contributed by atoms with Crippen LogP contribution in [0.4, 0.5) is 0 Å². The van der Waals surface area contributed by atoms with Crippen molar-refractivity contribution in [3.05, 3.63) is 30.3 Å². The summed E-state index contributed by atoms with van der Waals surface area (Å²) in [4.78, 5) is 0. The molecule has 0 spiro atoms. The van der Waals surface area contributed by atoms with Gasteiger partial charge in [0.25, 0.3) is 0 Å². The first kappa shape index (κ1) is 9.02. The third-order valence-electron chi connectivity index (χ3n) is 2.82. The van der Waals surface area contributed by atoms with Gasteiger partial charge in [0.15, 0.2) is 0 Å². The molecule has 2 heteroatoms. The Morgan fingerprint density at radius 1 is 1.31 bits per heavy atom. The van der Waals surface area contributed by atoms with Gasteiger partial charge in [0.05, 0.1) is 0 Å². The molecule has 0 bridgehead atoms. The summed E-state index contributed by atoms with van der Waals surface area (Å²) >= 11 is 0. The summed E-state index contributed by atoms with van der Waals surface area (Å²) in [7, 11) is -1.98. The first-order valence-electron chi connectivity index (χ1n) is 4.84. The van der Waals surface area contributed by atoms with Crippen LogP contribution < -0.4 is 5.30 Å². The average molecular weight is 194 g/mol. The van der Waals surface area contributed by atoms with Gasteiger partial charge in [-0.25, -0.2) is 0 Å². The normalized spacial score (nSPS) is 33.5. The Bertz CT molecular complexity index is 331. The minimum absolute atomic E-state index is 0.644. The van der Waals surface area contributed by atoms with E-state index in [0.717, 1.165) is 24.0 Å². The Hall–Kier alpha value is -0.550. The molecule has 70 valence electrons. The van der Waals surface area contributed by atoms with E-state index >= 15 is 0 Å². The third-order valence-corrected chi connectivity index (χ3v) is 6.25. The van der Waals surface area contributed by atoms with Gasteiger partial charge in [0.1, 0.15) is 7.14 Å². The Balaban J connectivity index is 2.32. The highest BCUT2D eigenvalue weighted by molar-refractivity contribution is 7.71. The monoisotopic (exact) mass is 194 g/mol. The van der Waals surface area contributed by atoms with Crippen molar-refractivity contribution in [2.75, 3.05) is 12.3 Å². The number of hydrogen-bond acceptors (Lipinski definition) is 1. The molecule has 1 nitrogen and oxygen atoms in total. The molecular weight excluding hydrogens is 179 g/mol. The maximum atomic E-state index is 12.4. The van der Waals surface area contributed by atoms with E-state index in [-0.39, 0.29) is 0 Å². The van der Waals surface area contributed by atoms with E-state index in [1.54, 1.807) is 0 Å². The van der Waals surface area contributed by atoms with Crippen molar-refractivity contribution in [1.82, 2.24) is 0 Å². The van der Waals surface area contributed by atoms with Gasteiger partial charge < -0.3 is 4.57 Å². The van der Waals surface area contributed by atoms with Gasteiger partial charge in [0.2, 0.25) is 0 Å². The minimum atomic E-state index is -1.98. The van der Waals surface area contributed by atoms with E-state index in [2.05, 4.69) is 6.92 Å². The maximum Gasteiger partial charge on any atom is 0.115 e. The van der Waals surface area contributed by atoms with Crippen LogP contribution in [0.5, 0.6) is 0 Å². The van der Waals surface area contributed by atoms with E-state index in [0.29, 0.717) is 5.92 Å². The van der Waals surface area contributed by atoms with Gasteiger partial charge in [-0.1, -0.05) is 37.3 Å². The molecule has 2 rings (SSSR count). The predicted molar refractivity (Wildman–Crippen MR) is 57.2 cm³/mol. The molecule has 1 aromatic rings. The fraction of sp³-hybridized carbons (Fsp3) is 0.455. The van der Waals surface area contributed by atoms with Crippen molar-refractivity contribution in [2.24, 2.45) is 5.92 Å². The summed E-state index contributed by atoms with van der Waals surface area (Å²) in [6, 6.07) is 9.97. The van der Waals surface area contributed by atoms with Crippen LogP contribution in [0, 0.1) is 5.92 Å². The summed E-state index contributed by atoms with van der Waals surface area (Å²) in [5.41, 5.74) is 0. The van der Waals surface area contributed by atoms with Crippen LogP contribution in [-0.4, -0.2) is 12.3 Å². The molecule has 2 atom stereocenters. The lowest BCUT2D eigenvalue weighted by Crippen LogP contribution is -2.05. The van der Waals surface area contributed by atoms with Crippen LogP contribution >= 0.6 is 7.14 Å². The fourth-order valence-corrected chi connectivity index (χ4v) is 5.46. The highest BCUT2D eigenvalue weighted by atomic mass is 31.2. The Morgan fingerprint density at radius 3 is 2.54 bits per heavy atom. The van der Waals surface area contributed by atoms with Crippen LogP contribution in [0.25, 0.3) is 0 Å². The lowest BCUT2D eigenvalue weighted by atomic mass is 10.2. The van der Waals surface area contributed by atoms with E-state index in [9.17, 15) is 4.57 Å². The minimum Gasteiger partial charge on any atom is -0.319 e. The largest absolute Gasteiger partial charge is 0.319 e. The van der Waals surface area contributed by atoms with Gasteiger partial charge in [-0.2, -0.15) is 0 Å². The van der Waals surface area contributed by atoms with Crippen molar-refractivity contribution in [2.45, 2.75) is 13.3 Å². The first-order valence-corrected chi connectivity index (χ1v) is 6.92. The van der Waals surface area contributed by atoms with Gasteiger partial charge in [0, 0.05) is 17.6 Å². The molecule has 0 aliphatic carbocycles. The molecule has 1 fully saturated rings. The molecule has 1 heterocycles. The first-order chi connectivity index (χ1) is 6.21. The van der Waals surface area contributed by atoms with Crippen LogP contribution in [0.15, 0.2) is 30.3 Å². The van der Waals surface area contributed by atoms with Crippen LogP contribution in [-0.2, 0) is 4.57 Å². The van der Waals surface area contributed by atoms with Crippen molar-refractivity contribution < 1.29 is 4.57 Å². The van der Waals surface area contributed by atoms with Gasteiger partial charge >= 0.3 is 0 Å². The molecule has 13 heavy (non-hydrogen) atoms. The molecule has 0 aromatic heterocycles. The molecule has 1 saturated heterocycles. The molecule has 0 N–H and O–H groups in total. The number of benzene rings is 1. The van der Waals surface area contributed by atoms with Crippen LogP contribution in [0.2, 0.25) is 0 Å². The molecule has 0 saturated carbocycles. The van der Waals surface area contributed by atoms with Crippen molar-refractivity contribution in [1.29, 1.82) is 0 Å². The molecule has 1 aromatic carbocycles. The fourth-order valence-electron chi connectivity index (χ4n) is 2.05. The van der Waals surface area contributed by atoms with Crippen molar-refractivity contribution >= 4 is 12.4 Å². The zero-order chi connectivity index (χ0) is 9.31. The number of hydrogen-bond donors (Lipinski definition) is 0. The molecule has 0 radical (unpaired) electrons. The predicted octanol–water partition coefficient (Wildman–Crippen LogP) is 2.71. The second-order valence-electron chi connectivity index (χ2n) is 4.02. The van der Waals surface area contributed by atoms with E-state index in [1.807, 2.05) is 30.3 Å². The zero-order valence-corrected chi connectivity index (χ0v) is 8.84. The SMILES string of the molecule is C[C@@H]1CC[P@@](=O)(c2ccccc2)C1. The Labute approximate surface area is 79.5 Å². The lowest BCUT2D eigenvalue weighted by Gasteiger charge is -2.10.